The van der Waals surface area contributed by atoms with E-state index in [0.29, 0.717) is 46.1 Å². The first-order valence-corrected chi connectivity index (χ1v) is 10.4. The Hall–Kier alpha value is -2.45. The molecular weight excluding hydrogens is 398 g/mol. The van der Waals surface area contributed by atoms with Gasteiger partial charge < -0.3 is 28.8 Å². The van der Waals surface area contributed by atoms with Crippen LogP contribution >= 0.6 is 0 Å². The molecule has 0 aliphatic rings. The normalized spacial score (nSPS) is 12.2. The zero-order chi connectivity index (χ0) is 22.2. The first-order valence-electron chi connectivity index (χ1n) is 10.4. The fraction of sp³-hybridized carbons (Fsp3) is 0.458. The number of aliphatic hydroxyl groups excluding tert-OH is 1. The van der Waals surface area contributed by atoms with Gasteiger partial charge in [-0.15, -0.1) is 0 Å². The number of ether oxygens (including phenoxy) is 5. The molecule has 2 rings (SSSR count). The number of benzene rings is 2. The molecule has 0 aliphatic heterocycles. The highest BCUT2D eigenvalue weighted by Crippen LogP contribution is 2.15. The smallest absolute Gasteiger partial charge is 0.119 e. The molecule has 170 valence electrons. The molecule has 0 bridgehead atoms. The molecule has 0 radical (unpaired) electrons. The van der Waals surface area contributed by atoms with Gasteiger partial charge in [0.25, 0.3) is 0 Å². The summed E-state index contributed by atoms with van der Waals surface area (Å²) in [7, 11) is 3.28. The number of methoxy groups -OCH3 is 2. The van der Waals surface area contributed by atoms with Crippen LogP contribution in [0.3, 0.4) is 0 Å². The summed E-state index contributed by atoms with van der Waals surface area (Å²) in [4.78, 5) is 4.51. The minimum Gasteiger partial charge on any atom is -0.497 e. The van der Waals surface area contributed by atoms with E-state index in [1.807, 2.05) is 48.5 Å². The maximum atomic E-state index is 9.66. The van der Waals surface area contributed by atoms with E-state index in [9.17, 15) is 5.11 Å². The van der Waals surface area contributed by atoms with E-state index in [1.54, 1.807) is 20.4 Å². The number of hydrogen-bond donors (Lipinski definition) is 1. The second-order valence-corrected chi connectivity index (χ2v) is 6.80. The first-order chi connectivity index (χ1) is 15.2. The summed E-state index contributed by atoms with van der Waals surface area (Å²) in [6.07, 6.45) is 2.43. The Morgan fingerprint density at radius 3 is 2.03 bits per heavy atom. The first kappa shape index (κ1) is 24.8. The van der Waals surface area contributed by atoms with Gasteiger partial charge in [0.2, 0.25) is 0 Å². The van der Waals surface area contributed by atoms with Crippen molar-refractivity contribution in [2.24, 2.45) is 4.99 Å². The summed E-state index contributed by atoms with van der Waals surface area (Å²) in [5, 5.41) is 9.66. The van der Waals surface area contributed by atoms with Crippen molar-refractivity contribution >= 4 is 6.21 Å². The average Bonchev–Trinajstić information content (AvgIpc) is 2.82. The Labute approximate surface area is 184 Å². The van der Waals surface area contributed by atoms with Crippen molar-refractivity contribution in [2.45, 2.75) is 12.5 Å². The molecule has 0 spiro atoms. The summed E-state index contributed by atoms with van der Waals surface area (Å²) >= 11 is 0. The third kappa shape index (κ3) is 10.4. The summed E-state index contributed by atoms with van der Waals surface area (Å²) in [5.41, 5.74) is 2.05. The molecule has 1 N–H and O–H groups in total. The number of aliphatic imine (C=N–C) groups is 1. The summed E-state index contributed by atoms with van der Waals surface area (Å²) in [6, 6.07) is 15.3. The van der Waals surface area contributed by atoms with Gasteiger partial charge in [0.15, 0.2) is 0 Å². The van der Waals surface area contributed by atoms with Crippen LogP contribution in [0.15, 0.2) is 53.5 Å². The monoisotopic (exact) mass is 431 g/mol. The molecule has 0 amide bonds. The van der Waals surface area contributed by atoms with Crippen LogP contribution in [-0.4, -0.2) is 77.8 Å². The molecule has 0 saturated heterocycles. The highest BCUT2D eigenvalue weighted by Gasteiger charge is 2.06. The van der Waals surface area contributed by atoms with Crippen molar-refractivity contribution in [1.82, 2.24) is 0 Å². The molecule has 7 nitrogen and oxygen atoms in total. The van der Waals surface area contributed by atoms with Gasteiger partial charge in [-0.05, 0) is 53.9 Å². The molecule has 7 heteroatoms. The SMILES string of the molecule is COCCOCCOCCOc1ccc(CC(CO)N=Cc2ccc(OC)cc2)cc1. The molecule has 0 fully saturated rings. The Morgan fingerprint density at radius 2 is 1.42 bits per heavy atom. The van der Waals surface area contributed by atoms with Gasteiger partial charge in [-0.1, -0.05) is 12.1 Å². The third-order valence-corrected chi connectivity index (χ3v) is 4.46. The fourth-order valence-electron chi connectivity index (χ4n) is 2.72. The van der Waals surface area contributed by atoms with E-state index in [0.717, 1.165) is 22.6 Å². The van der Waals surface area contributed by atoms with Crippen molar-refractivity contribution in [3.05, 3.63) is 59.7 Å². The molecule has 1 atom stereocenters. The Morgan fingerprint density at radius 1 is 0.806 bits per heavy atom. The van der Waals surface area contributed by atoms with Crippen LogP contribution in [0.5, 0.6) is 11.5 Å². The molecule has 0 saturated carbocycles. The van der Waals surface area contributed by atoms with Crippen LogP contribution < -0.4 is 9.47 Å². The van der Waals surface area contributed by atoms with Crippen molar-refractivity contribution in [1.29, 1.82) is 0 Å². The lowest BCUT2D eigenvalue weighted by Crippen LogP contribution is -2.14. The minimum absolute atomic E-state index is 0.0164. The minimum atomic E-state index is -0.201. The van der Waals surface area contributed by atoms with Crippen molar-refractivity contribution < 1.29 is 28.8 Å². The molecule has 1 unspecified atom stereocenters. The standard InChI is InChI=1S/C24H33NO6/c1-27-11-12-29-13-14-30-15-16-31-24-9-3-20(4-10-24)17-22(19-26)25-18-21-5-7-23(28-2)8-6-21/h3-10,18,22,26H,11-17,19H2,1-2H3. The van der Waals surface area contributed by atoms with Crippen LogP contribution in [0, 0.1) is 0 Å². The Balaban J connectivity index is 1.68. The molecular formula is C24H33NO6. The summed E-state index contributed by atoms with van der Waals surface area (Å²) in [6.45, 7) is 3.21. The van der Waals surface area contributed by atoms with E-state index in [-0.39, 0.29) is 12.6 Å². The lowest BCUT2D eigenvalue weighted by Gasteiger charge is -2.11. The topological polar surface area (TPSA) is 78.7 Å². The second-order valence-electron chi connectivity index (χ2n) is 6.80. The predicted octanol–water partition coefficient (Wildman–Crippen LogP) is 2.78. The van der Waals surface area contributed by atoms with Gasteiger partial charge in [-0.2, -0.15) is 0 Å². The molecule has 0 aliphatic carbocycles. The Bertz CT molecular complexity index is 733. The molecule has 0 heterocycles. The molecule has 31 heavy (non-hydrogen) atoms. The van der Waals surface area contributed by atoms with E-state index in [4.69, 9.17) is 23.7 Å². The zero-order valence-corrected chi connectivity index (χ0v) is 18.4. The van der Waals surface area contributed by atoms with Crippen LogP contribution in [0.1, 0.15) is 11.1 Å². The molecule has 0 aromatic heterocycles. The van der Waals surface area contributed by atoms with Gasteiger partial charge in [0, 0.05) is 13.3 Å². The molecule has 2 aromatic carbocycles. The largest absolute Gasteiger partial charge is 0.497 e. The maximum Gasteiger partial charge on any atom is 0.119 e. The van der Waals surface area contributed by atoms with Crippen LogP contribution in [0.4, 0.5) is 0 Å². The second kappa shape index (κ2) is 15.4. The lowest BCUT2D eigenvalue weighted by molar-refractivity contribution is 0.0180. The van der Waals surface area contributed by atoms with E-state index in [1.165, 1.54) is 0 Å². The Kier molecular flexibility index (Phi) is 12.3. The van der Waals surface area contributed by atoms with Crippen molar-refractivity contribution in [3.8, 4) is 11.5 Å². The summed E-state index contributed by atoms with van der Waals surface area (Å²) < 4.78 is 26.5. The highest BCUT2D eigenvalue weighted by atomic mass is 16.6. The molecule has 2 aromatic rings. The fourth-order valence-corrected chi connectivity index (χ4v) is 2.72. The number of hydrogen-bond acceptors (Lipinski definition) is 7. The predicted molar refractivity (Wildman–Crippen MR) is 121 cm³/mol. The van der Waals surface area contributed by atoms with Gasteiger partial charge in [0.05, 0.1) is 52.8 Å². The average molecular weight is 432 g/mol. The van der Waals surface area contributed by atoms with Gasteiger partial charge in [0.1, 0.15) is 18.1 Å². The van der Waals surface area contributed by atoms with Crippen LogP contribution in [0.2, 0.25) is 0 Å². The van der Waals surface area contributed by atoms with E-state index in [2.05, 4.69) is 4.99 Å². The van der Waals surface area contributed by atoms with E-state index < -0.39 is 0 Å². The highest BCUT2D eigenvalue weighted by molar-refractivity contribution is 5.79. The van der Waals surface area contributed by atoms with Gasteiger partial charge in [-0.25, -0.2) is 0 Å². The van der Waals surface area contributed by atoms with Gasteiger partial charge in [-0.3, -0.25) is 4.99 Å². The summed E-state index contributed by atoms with van der Waals surface area (Å²) in [5.74, 6) is 1.59. The quantitative estimate of drug-likeness (QED) is 0.325. The van der Waals surface area contributed by atoms with Gasteiger partial charge >= 0.3 is 0 Å². The van der Waals surface area contributed by atoms with E-state index >= 15 is 0 Å². The maximum absolute atomic E-state index is 9.66. The number of aliphatic hydroxyl groups is 1. The van der Waals surface area contributed by atoms with Crippen molar-refractivity contribution in [2.75, 3.05) is 60.5 Å². The number of rotatable bonds is 16. The van der Waals surface area contributed by atoms with Crippen molar-refractivity contribution in [3.63, 3.8) is 0 Å². The van der Waals surface area contributed by atoms with Crippen LogP contribution in [0.25, 0.3) is 0 Å². The number of nitrogens with zero attached hydrogens (tertiary/aromatic N) is 1. The lowest BCUT2D eigenvalue weighted by atomic mass is 10.1. The van der Waals surface area contributed by atoms with Crippen LogP contribution in [-0.2, 0) is 20.6 Å². The zero-order valence-electron chi connectivity index (χ0n) is 18.4. The third-order valence-electron chi connectivity index (χ3n) is 4.46.